The molecule has 0 heterocycles. The summed E-state index contributed by atoms with van der Waals surface area (Å²) in [5.74, 6) is 0. The maximum absolute atomic E-state index is 9.90. The summed E-state index contributed by atoms with van der Waals surface area (Å²) >= 11 is 0. The smallest absolute Gasteiger partial charge is 0.151 e. The highest BCUT2D eigenvalue weighted by Crippen LogP contribution is 2.02. The van der Waals surface area contributed by atoms with E-state index in [0.717, 1.165) is 0 Å². The van der Waals surface area contributed by atoms with Gasteiger partial charge < -0.3 is 30.3 Å². The molecule has 0 fully saturated rings. The minimum absolute atomic E-state index is 0.0258. The lowest BCUT2D eigenvalue weighted by atomic mass is 10.1. The largest absolute Gasteiger partial charge is 0.394 e. The molecule has 0 bridgehead atoms. The summed E-state index contributed by atoms with van der Waals surface area (Å²) in [6, 6.07) is 0. The summed E-state index contributed by atoms with van der Waals surface area (Å²) in [6.45, 7) is -0.760. The summed E-state index contributed by atoms with van der Waals surface area (Å²) in [7, 11) is 0. The van der Waals surface area contributed by atoms with Crippen molar-refractivity contribution in [3.8, 4) is 0 Å². The highest BCUT2D eigenvalue weighted by Gasteiger charge is 2.29. The third kappa shape index (κ3) is 2.84. The molecule has 0 aromatic rings. The SMILES string of the molecule is O=[14CH]C(O)C(O)C(O)C(O)CO. The molecular weight excluding hydrogens is 170 g/mol. The molecule has 0 aromatic heterocycles. The van der Waals surface area contributed by atoms with Gasteiger partial charge >= 0.3 is 0 Å². The van der Waals surface area contributed by atoms with E-state index in [2.05, 4.69) is 0 Å². The summed E-state index contributed by atoms with van der Waals surface area (Å²) < 4.78 is 0. The van der Waals surface area contributed by atoms with Crippen LogP contribution in [0.15, 0.2) is 0 Å². The molecule has 0 radical (unpaired) electrons. The van der Waals surface area contributed by atoms with Crippen LogP contribution in [0.5, 0.6) is 0 Å². The normalized spacial score (nSPS) is 21.1. The highest BCUT2D eigenvalue weighted by molar-refractivity contribution is 5.56. The minimum Gasteiger partial charge on any atom is -0.394 e. The second-order valence-electron chi connectivity index (χ2n) is 2.36. The summed E-state index contributed by atoms with van der Waals surface area (Å²) in [4.78, 5) is 9.90. The lowest BCUT2D eigenvalue weighted by molar-refractivity contribution is -0.136. The van der Waals surface area contributed by atoms with E-state index < -0.39 is 31.0 Å². The molecule has 72 valence electrons. The van der Waals surface area contributed by atoms with Gasteiger partial charge in [-0.25, -0.2) is 0 Å². The first-order chi connectivity index (χ1) is 5.54. The number of carbonyl (C=O) groups is 1. The van der Waals surface area contributed by atoms with Gasteiger partial charge in [0.15, 0.2) is 6.29 Å². The van der Waals surface area contributed by atoms with Crippen LogP contribution in [-0.4, -0.2) is 62.8 Å². The zero-order valence-electron chi connectivity index (χ0n) is 6.24. The van der Waals surface area contributed by atoms with Gasteiger partial charge in [0.2, 0.25) is 0 Å². The van der Waals surface area contributed by atoms with Crippen LogP contribution in [-0.2, 0) is 4.79 Å². The molecule has 6 nitrogen and oxygen atoms in total. The first-order valence-corrected chi connectivity index (χ1v) is 3.33. The quantitative estimate of drug-likeness (QED) is 0.283. The molecule has 0 rings (SSSR count). The van der Waals surface area contributed by atoms with Gasteiger partial charge in [-0.1, -0.05) is 0 Å². The molecule has 0 saturated heterocycles. The maximum Gasteiger partial charge on any atom is 0.151 e. The Hall–Kier alpha value is -0.530. The molecule has 0 aliphatic carbocycles. The molecule has 0 aliphatic heterocycles. The van der Waals surface area contributed by atoms with Crippen LogP contribution in [0.1, 0.15) is 0 Å². The minimum atomic E-state index is -1.79. The molecule has 4 unspecified atom stereocenters. The molecule has 5 N–H and O–H groups in total. The molecule has 6 heteroatoms. The predicted octanol–water partition coefficient (Wildman–Crippen LogP) is -3.38. The van der Waals surface area contributed by atoms with Crippen LogP contribution in [0, 0.1) is 0 Å². The Kier molecular flexibility index (Phi) is 4.95. The molecule has 0 aliphatic rings. The van der Waals surface area contributed by atoms with E-state index in [9.17, 15) is 4.79 Å². The molecule has 0 amide bonds. The van der Waals surface area contributed by atoms with Crippen molar-refractivity contribution in [1.82, 2.24) is 0 Å². The molecule has 12 heavy (non-hydrogen) atoms. The number of aldehydes is 1. The fourth-order valence-electron chi connectivity index (χ4n) is 0.618. The van der Waals surface area contributed by atoms with E-state index in [1.807, 2.05) is 0 Å². The van der Waals surface area contributed by atoms with Crippen molar-refractivity contribution < 1.29 is 30.3 Å². The van der Waals surface area contributed by atoms with E-state index in [1.165, 1.54) is 0 Å². The number of carbonyl (C=O) groups excluding carboxylic acids is 1. The van der Waals surface area contributed by atoms with E-state index in [0.29, 0.717) is 0 Å². The van der Waals surface area contributed by atoms with Gasteiger partial charge in [0.25, 0.3) is 0 Å². The van der Waals surface area contributed by atoms with E-state index in [4.69, 9.17) is 25.5 Å². The zero-order valence-corrected chi connectivity index (χ0v) is 6.24. The second kappa shape index (κ2) is 5.18. The Labute approximate surface area is 68.7 Å². The van der Waals surface area contributed by atoms with Crippen molar-refractivity contribution in [2.45, 2.75) is 24.4 Å². The Bertz CT molecular complexity index is 138. The first-order valence-electron chi connectivity index (χ1n) is 3.33. The van der Waals surface area contributed by atoms with Crippen molar-refractivity contribution in [3.63, 3.8) is 0 Å². The third-order valence-corrected chi connectivity index (χ3v) is 1.42. The number of aliphatic hydroxyl groups is 5. The maximum atomic E-state index is 9.90. The van der Waals surface area contributed by atoms with Crippen molar-refractivity contribution >= 4 is 6.29 Å². The Balaban J connectivity index is 4.07. The summed E-state index contributed by atoms with van der Waals surface area (Å²) in [5, 5.41) is 43.5. The average Bonchev–Trinajstić information content (AvgIpc) is 2.12. The third-order valence-electron chi connectivity index (χ3n) is 1.42. The van der Waals surface area contributed by atoms with Gasteiger partial charge in [-0.2, -0.15) is 0 Å². The zero-order chi connectivity index (χ0) is 9.72. The van der Waals surface area contributed by atoms with Gasteiger partial charge in [0.05, 0.1) is 6.61 Å². The van der Waals surface area contributed by atoms with Gasteiger partial charge in [-0.3, -0.25) is 0 Å². The van der Waals surface area contributed by atoms with Crippen molar-refractivity contribution in [3.05, 3.63) is 0 Å². The first kappa shape index (κ1) is 11.5. The number of rotatable bonds is 5. The average molecular weight is 182 g/mol. The van der Waals surface area contributed by atoms with Gasteiger partial charge in [-0.05, 0) is 0 Å². The number of hydrogen-bond donors (Lipinski definition) is 5. The van der Waals surface area contributed by atoms with Crippen LogP contribution in [0.3, 0.4) is 0 Å². The molecule has 4 atom stereocenters. The van der Waals surface area contributed by atoms with Crippen LogP contribution >= 0.6 is 0 Å². The second-order valence-corrected chi connectivity index (χ2v) is 2.36. The molecule has 0 saturated carbocycles. The molecule has 0 spiro atoms. The fourth-order valence-corrected chi connectivity index (χ4v) is 0.618. The van der Waals surface area contributed by atoms with Gasteiger partial charge in [0.1, 0.15) is 24.4 Å². The van der Waals surface area contributed by atoms with Crippen LogP contribution in [0.25, 0.3) is 0 Å². The van der Waals surface area contributed by atoms with Crippen molar-refractivity contribution in [2.24, 2.45) is 0 Å². The van der Waals surface area contributed by atoms with E-state index >= 15 is 0 Å². The van der Waals surface area contributed by atoms with Gasteiger partial charge in [0, 0.05) is 0 Å². The van der Waals surface area contributed by atoms with Crippen LogP contribution in [0.2, 0.25) is 0 Å². The topological polar surface area (TPSA) is 118 Å². The summed E-state index contributed by atoms with van der Waals surface area (Å²) in [5.41, 5.74) is 0. The standard InChI is InChI=1S/C6H12O6/c7-1-3(9)5(11)6(12)4(10)2-8/h1,3-6,8-12H,2H2/i1+2. The van der Waals surface area contributed by atoms with Crippen molar-refractivity contribution in [1.29, 1.82) is 0 Å². The summed E-state index contributed by atoms with van der Waals surface area (Å²) in [6.07, 6.45) is -6.84. The van der Waals surface area contributed by atoms with Gasteiger partial charge in [-0.15, -0.1) is 0 Å². The predicted molar refractivity (Wildman–Crippen MR) is 37.2 cm³/mol. The van der Waals surface area contributed by atoms with Crippen molar-refractivity contribution in [2.75, 3.05) is 6.61 Å². The number of hydrogen-bond acceptors (Lipinski definition) is 6. The molecule has 0 aromatic carbocycles. The Morgan fingerprint density at radius 2 is 1.58 bits per heavy atom. The lowest BCUT2D eigenvalue weighted by Crippen LogP contribution is -2.46. The van der Waals surface area contributed by atoms with E-state index in [1.54, 1.807) is 0 Å². The Morgan fingerprint density at radius 1 is 1.08 bits per heavy atom. The lowest BCUT2D eigenvalue weighted by Gasteiger charge is -2.22. The number of aliphatic hydroxyl groups excluding tert-OH is 5. The van der Waals surface area contributed by atoms with Crippen LogP contribution < -0.4 is 0 Å². The Morgan fingerprint density at radius 3 is 1.92 bits per heavy atom. The highest BCUT2D eigenvalue weighted by atomic mass is 16.4. The molecular formula is C6H12O6. The van der Waals surface area contributed by atoms with E-state index in [-0.39, 0.29) is 6.29 Å². The fraction of sp³-hybridized carbons (Fsp3) is 0.833. The monoisotopic (exact) mass is 182 g/mol. The van der Waals surface area contributed by atoms with Crippen LogP contribution in [0.4, 0.5) is 0 Å².